The molecule has 2 heterocycles. The number of anilines is 2. The Morgan fingerprint density at radius 1 is 0.659 bits per heavy atom. The van der Waals surface area contributed by atoms with Crippen molar-refractivity contribution in [2.24, 2.45) is 0 Å². The van der Waals surface area contributed by atoms with Gasteiger partial charge in [-0.25, -0.2) is 0 Å². The van der Waals surface area contributed by atoms with Crippen LogP contribution in [0.3, 0.4) is 0 Å². The van der Waals surface area contributed by atoms with Crippen LogP contribution in [0, 0.1) is 0 Å². The van der Waals surface area contributed by atoms with Crippen molar-refractivity contribution in [2.75, 3.05) is 9.80 Å². The van der Waals surface area contributed by atoms with Crippen LogP contribution in [-0.2, 0) is 10.3 Å². The highest BCUT2D eigenvalue weighted by Gasteiger charge is 2.66. The number of hydrogen-bond acceptors (Lipinski definition) is 3. The summed E-state index contributed by atoms with van der Waals surface area (Å²) < 4.78 is 6.53. The fourth-order valence-electron chi connectivity index (χ4n) is 6.33. The molecular formula is C36H28N2O3. The minimum absolute atomic E-state index is 0.120. The Hall–Kier alpha value is -5.16. The van der Waals surface area contributed by atoms with Crippen LogP contribution in [0.25, 0.3) is 0 Å². The van der Waals surface area contributed by atoms with Gasteiger partial charge in [-0.1, -0.05) is 109 Å². The van der Waals surface area contributed by atoms with Gasteiger partial charge in [0, 0.05) is 12.0 Å². The van der Waals surface area contributed by atoms with Crippen LogP contribution in [0.4, 0.5) is 11.4 Å². The van der Waals surface area contributed by atoms with Gasteiger partial charge < -0.3 is 4.74 Å². The first kappa shape index (κ1) is 24.9. The van der Waals surface area contributed by atoms with E-state index in [1.807, 2.05) is 131 Å². The van der Waals surface area contributed by atoms with Crippen LogP contribution in [0.15, 0.2) is 146 Å². The maximum atomic E-state index is 14.4. The number of ether oxygens (including phenoxy) is 1. The maximum Gasteiger partial charge on any atom is 0.271 e. The molecule has 0 radical (unpaired) electrons. The third kappa shape index (κ3) is 4.01. The molecule has 5 aromatic rings. The average Bonchev–Trinajstić information content (AvgIpc) is 3.16. The molecular weight excluding hydrogens is 508 g/mol. The first-order valence-corrected chi connectivity index (χ1v) is 13.8. The average molecular weight is 537 g/mol. The molecule has 5 nitrogen and oxygen atoms in total. The number of carbonyl (C=O) groups excluding carboxylic acids is 2. The van der Waals surface area contributed by atoms with Gasteiger partial charge in [-0.3, -0.25) is 19.4 Å². The molecule has 1 saturated heterocycles. The molecule has 200 valence electrons. The molecule has 2 aliphatic heterocycles. The molecule has 0 unspecified atom stereocenters. The van der Waals surface area contributed by atoms with Crippen LogP contribution in [0.2, 0.25) is 0 Å². The van der Waals surface area contributed by atoms with Crippen molar-refractivity contribution in [2.45, 2.75) is 24.1 Å². The van der Waals surface area contributed by atoms with E-state index in [2.05, 4.69) is 24.3 Å². The molecule has 41 heavy (non-hydrogen) atoms. The lowest BCUT2D eigenvalue weighted by Crippen LogP contribution is -2.74. The molecule has 0 bridgehead atoms. The molecule has 1 fully saturated rings. The van der Waals surface area contributed by atoms with Gasteiger partial charge in [-0.15, -0.1) is 0 Å². The number of nitrogens with zero attached hydrogens (tertiary/aromatic N) is 2. The molecule has 0 aromatic heterocycles. The quantitative estimate of drug-likeness (QED) is 0.224. The molecule has 5 heteroatoms. The Bertz CT molecular complexity index is 1690. The number of fused-ring (bicyclic) bond motifs is 3. The number of amides is 2. The van der Waals surface area contributed by atoms with Crippen molar-refractivity contribution in [1.82, 2.24) is 0 Å². The summed E-state index contributed by atoms with van der Waals surface area (Å²) in [4.78, 5) is 32.3. The lowest BCUT2D eigenvalue weighted by molar-refractivity contribution is -0.142. The topological polar surface area (TPSA) is 49.9 Å². The summed E-state index contributed by atoms with van der Waals surface area (Å²) >= 11 is 0. The van der Waals surface area contributed by atoms with Gasteiger partial charge in [0.25, 0.3) is 11.8 Å². The lowest BCUT2D eigenvalue weighted by atomic mass is 9.70. The van der Waals surface area contributed by atoms with E-state index in [-0.39, 0.29) is 17.9 Å². The van der Waals surface area contributed by atoms with E-state index in [0.29, 0.717) is 29.1 Å². The van der Waals surface area contributed by atoms with Gasteiger partial charge in [-0.05, 0) is 47.5 Å². The summed E-state index contributed by atoms with van der Waals surface area (Å²) in [7, 11) is 0. The van der Waals surface area contributed by atoms with E-state index in [9.17, 15) is 9.59 Å². The SMILES string of the molecule is O=C(c1ccccc1)N1c2ccccc2N2C(=O)[C@H](Oc3ccccc3)[C@]2(c2ccccc2)C[C@@H]1c1ccccc1. The number of hydrogen-bond donors (Lipinski definition) is 0. The van der Waals surface area contributed by atoms with Crippen molar-refractivity contribution < 1.29 is 14.3 Å². The van der Waals surface area contributed by atoms with Gasteiger partial charge in [-0.2, -0.15) is 0 Å². The fraction of sp³-hybridized carbons (Fsp3) is 0.111. The van der Waals surface area contributed by atoms with Gasteiger partial charge in [0.1, 0.15) is 11.3 Å². The van der Waals surface area contributed by atoms with Gasteiger partial charge in [0.05, 0.1) is 17.4 Å². The van der Waals surface area contributed by atoms with E-state index in [1.165, 1.54) is 0 Å². The normalized spacial score (nSPS) is 21.2. The number of benzene rings is 5. The molecule has 3 atom stereocenters. The number of β-lactam (4-membered cyclic amide) rings is 1. The largest absolute Gasteiger partial charge is 0.478 e. The van der Waals surface area contributed by atoms with E-state index in [0.717, 1.165) is 11.1 Å². The van der Waals surface area contributed by atoms with Crippen molar-refractivity contribution in [1.29, 1.82) is 0 Å². The summed E-state index contributed by atoms with van der Waals surface area (Å²) in [5, 5.41) is 0. The summed E-state index contributed by atoms with van der Waals surface area (Å²) in [5.74, 6) is 0.378. The third-order valence-electron chi connectivity index (χ3n) is 8.17. The minimum atomic E-state index is -0.865. The molecule has 2 aliphatic rings. The van der Waals surface area contributed by atoms with Crippen LogP contribution >= 0.6 is 0 Å². The van der Waals surface area contributed by atoms with Crippen LogP contribution in [0.1, 0.15) is 33.9 Å². The molecule has 7 rings (SSSR count). The Labute approximate surface area is 239 Å². The highest BCUT2D eigenvalue weighted by atomic mass is 16.5. The number of carbonyl (C=O) groups is 2. The Kier molecular flexibility index (Phi) is 6.12. The third-order valence-corrected chi connectivity index (χ3v) is 8.17. The summed E-state index contributed by atoms with van der Waals surface area (Å²) in [6.45, 7) is 0. The summed E-state index contributed by atoms with van der Waals surface area (Å²) in [5.41, 5.74) is 3.06. The van der Waals surface area contributed by atoms with Gasteiger partial charge >= 0.3 is 0 Å². The van der Waals surface area contributed by atoms with Crippen LogP contribution < -0.4 is 14.5 Å². The highest BCUT2D eigenvalue weighted by Crippen LogP contribution is 2.57. The predicted octanol–water partition coefficient (Wildman–Crippen LogP) is 7.17. The first-order valence-electron chi connectivity index (χ1n) is 13.8. The van der Waals surface area contributed by atoms with E-state index in [4.69, 9.17) is 4.74 Å². The van der Waals surface area contributed by atoms with Gasteiger partial charge in [0.15, 0.2) is 0 Å². The van der Waals surface area contributed by atoms with Crippen LogP contribution in [0.5, 0.6) is 5.75 Å². The summed E-state index contributed by atoms with van der Waals surface area (Å²) in [6.07, 6.45) is -0.337. The van der Waals surface area contributed by atoms with Crippen molar-refractivity contribution in [3.05, 3.63) is 162 Å². The van der Waals surface area contributed by atoms with Crippen molar-refractivity contribution in [3.63, 3.8) is 0 Å². The zero-order valence-corrected chi connectivity index (χ0v) is 22.3. The first-order chi connectivity index (χ1) is 20.2. The highest BCUT2D eigenvalue weighted by molar-refractivity contribution is 6.14. The molecule has 0 saturated carbocycles. The fourth-order valence-corrected chi connectivity index (χ4v) is 6.33. The molecule has 2 amide bonds. The molecule has 0 spiro atoms. The lowest BCUT2D eigenvalue weighted by Gasteiger charge is -2.56. The standard InChI is InChI=1S/C36H28N2O3/c39-34(27-17-7-2-8-18-27)37-30-23-13-14-24-31(30)38-35(40)33(41-29-21-11-4-12-22-29)36(38,28-19-9-3-10-20-28)25-32(37)26-15-5-1-6-16-26/h1-24,32-33H,25H2/t32-,33+,36-/m1/s1. The molecule has 0 aliphatic carbocycles. The summed E-state index contributed by atoms with van der Waals surface area (Å²) in [6, 6.07) is 46.3. The number of para-hydroxylation sites is 3. The second-order valence-corrected chi connectivity index (χ2v) is 10.4. The second-order valence-electron chi connectivity index (χ2n) is 10.4. The Morgan fingerprint density at radius 3 is 1.85 bits per heavy atom. The smallest absolute Gasteiger partial charge is 0.271 e. The van der Waals surface area contributed by atoms with E-state index in [1.54, 1.807) is 0 Å². The van der Waals surface area contributed by atoms with Crippen molar-refractivity contribution in [3.8, 4) is 5.75 Å². The maximum absolute atomic E-state index is 14.4. The zero-order valence-electron chi connectivity index (χ0n) is 22.3. The molecule has 0 N–H and O–H groups in total. The number of rotatable bonds is 5. The Balaban J connectivity index is 1.48. The van der Waals surface area contributed by atoms with Crippen molar-refractivity contribution >= 4 is 23.2 Å². The Morgan fingerprint density at radius 2 is 1.20 bits per heavy atom. The minimum Gasteiger partial charge on any atom is -0.478 e. The molecule has 5 aromatic carbocycles. The van der Waals surface area contributed by atoms with E-state index < -0.39 is 11.6 Å². The predicted molar refractivity (Wildman–Crippen MR) is 160 cm³/mol. The van der Waals surface area contributed by atoms with E-state index >= 15 is 0 Å². The second kappa shape index (κ2) is 10.1. The van der Waals surface area contributed by atoms with Gasteiger partial charge in [0.2, 0.25) is 6.10 Å². The zero-order chi connectivity index (χ0) is 27.8. The van der Waals surface area contributed by atoms with Crippen LogP contribution in [-0.4, -0.2) is 17.9 Å². The monoisotopic (exact) mass is 536 g/mol.